The van der Waals surface area contributed by atoms with E-state index in [0.717, 1.165) is 11.1 Å². The third-order valence-electron chi connectivity index (χ3n) is 2.55. The number of hydrogen-bond donors (Lipinski definition) is 1. The maximum absolute atomic E-state index is 6.13. The Morgan fingerprint density at radius 2 is 1.83 bits per heavy atom. The Labute approximate surface area is 116 Å². The zero-order valence-corrected chi connectivity index (χ0v) is 11.4. The molecule has 0 fully saturated rings. The van der Waals surface area contributed by atoms with E-state index in [9.17, 15) is 0 Å². The molecular formula is C14H13Cl2NO. The van der Waals surface area contributed by atoms with Gasteiger partial charge in [0.1, 0.15) is 12.4 Å². The Balaban J connectivity index is 2.13. The molecule has 2 aromatic carbocycles. The van der Waals surface area contributed by atoms with Crippen molar-refractivity contribution in [3.05, 3.63) is 57.6 Å². The molecule has 0 saturated carbocycles. The highest BCUT2D eigenvalue weighted by molar-refractivity contribution is 6.32. The fourth-order valence-corrected chi connectivity index (χ4v) is 2.02. The average molecular weight is 282 g/mol. The smallest absolute Gasteiger partial charge is 0.140 e. The van der Waals surface area contributed by atoms with Gasteiger partial charge in [0.05, 0.1) is 5.02 Å². The molecule has 0 atom stereocenters. The molecule has 0 bridgehead atoms. The van der Waals surface area contributed by atoms with E-state index in [4.69, 9.17) is 33.7 Å². The summed E-state index contributed by atoms with van der Waals surface area (Å²) < 4.78 is 5.63. The van der Waals surface area contributed by atoms with E-state index in [1.54, 1.807) is 18.2 Å². The van der Waals surface area contributed by atoms with Gasteiger partial charge >= 0.3 is 0 Å². The van der Waals surface area contributed by atoms with Gasteiger partial charge in [-0.05, 0) is 30.7 Å². The van der Waals surface area contributed by atoms with Gasteiger partial charge < -0.3 is 10.5 Å². The Morgan fingerprint density at radius 1 is 1.06 bits per heavy atom. The van der Waals surface area contributed by atoms with Gasteiger partial charge in [0.25, 0.3) is 0 Å². The number of ether oxygens (including phenoxy) is 1. The first kappa shape index (κ1) is 13.1. The molecule has 0 amide bonds. The van der Waals surface area contributed by atoms with Crippen molar-refractivity contribution in [2.45, 2.75) is 13.5 Å². The monoisotopic (exact) mass is 281 g/mol. The lowest BCUT2D eigenvalue weighted by Crippen LogP contribution is -1.98. The average Bonchev–Trinajstić information content (AvgIpc) is 2.32. The van der Waals surface area contributed by atoms with E-state index in [-0.39, 0.29) is 0 Å². The second-order valence-electron chi connectivity index (χ2n) is 4.07. The maximum Gasteiger partial charge on any atom is 0.140 e. The minimum absolute atomic E-state index is 0.363. The quantitative estimate of drug-likeness (QED) is 0.843. The predicted octanol–water partition coefficient (Wildman–Crippen LogP) is 4.46. The minimum atomic E-state index is 0.363. The second-order valence-corrected chi connectivity index (χ2v) is 4.89. The summed E-state index contributed by atoms with van der Waals surface area (Å²) >= 11 is 12.1. The fraction of sp³-hybridized carbons (Fsp3) is 0.143. The van der Waals surface area contributed by atoms with Crippen molar-refractivity contribution in [3.8, 4) is 5.75 Å². The van der Waals surface area contributed by atoms with Crippen molar-refractivity contribution in [1.82, 2.24) is 0 Å². The van der Waals surface area contributed by atoms with Gasteiger partial charge in [-0.3, -0.25) is 0 Å². The highest BCUT2D eigenvalue weighted by Gasteiger charge is 2.05. The summed E-state index contributed by atoms with van der Waals surface area (Å²) in [4.78, 5) is 0. The first-order chi connectivity index (χ1) is 8.56. The maximum atomic E-state index is 6.13. The Morgan fingerprint density at radius 3 is 2.56 bits per heavy atom. The molecule has 0 aliphatic carbocycles. The fourth-order valence-electron chi connectivity index (χ4n) is 1.56. The number of nitrogens with two attached hydrogens (primary N) is 1. The lowest BCUT2D eigenvalue weighted by molar-refractivity contribution is 0.306. The molecule has 0 heterocycles. The van der Waals surface area contributed by atoms with E-state index in [2.05, 4.69) is 0 Å². The summed E-state index contributed by atoms with van der Waals surface area (Å²) in [5.74, 6) is 0.563. The molecule has 4 heteroatoms. The Bertz CT molecular complexity index is 570. The molecule has 2 aromatic rings. The van der Waals surface area contributed by atoms with Gasteiger partial charge in [-0.1, -0.05) is 35.3 Å². The lowest BCUT2D eigenvalue weighted by atomic mass is 10.1. The van der Waals surface area contributed by atoms with Crippen LogP contribution in [0.2, 0.25) is 10.0 Å². The van der Waals surface area contributed by atoms with Gasteiger partial charge in [-0.15, -0.1) is 0 Å². The van der Waals surface area contributed by atoms with Crippen LogP contribution >= 0.6 is 23.2 Å². The molecular weight excluding hydrogens is 269 g/mol. The summed E-state index contributed by atoms with van der Waals surface area (Å²) in [6, 6.07) is 11.0. The first-order valence-electron chi connectivity index (χ1n) is 5.49. The van der Waals surface area contributed by atoms with Crippen LogP contribution < -0.4 is 10.5 Å². The van der Waals surface area contributed by atoms with Crippen LogP contribution in [-0.2, 0) is 6.61 Å². The number of anilines is 1. The molecule has 0 unspecified atom stereocenters. The standard InChI is InChI=1S/C14H13Cl2NO/c1-9-2-3-10(13(16)6-9)8-18-14-7-11(17)4-5-12(14)15/h2-7H,8,17H2,1H3. The van der Waals surface area contributed by atoms with Gasteiger partial charge in [-0.25, -0.2) is 0 Å². The molecule has 2 N–H and O–H groups in total. The van der Waals surface area contributed by atoms with Gasteiger partial charge in [0.2, 0.25) is 0 Å². The molecule has 2 rings (SSSR count). The van der Waals surface area contributed by atoms with Crippen molar-refractivity contribution in [2.24, 2.45) is 0 Å². The van der Waals surface area contributed by atoms with Crippen molar-refractivity contribution >= 4 is 28.9 Å². The van der Waals surface area contributed by atoms with Crippen molar-refractivity contribution in [2.75, 3.05) is 5.73 Å². The Hall–Kier alpha value is -1.38. The predicted molar refractivity (Wildman–Crippen MR) is 76.4 cm³/mol. The second kappa shape index (κ2) is 5.51. The van der Waals surface area contributed by atoms with Crippen LogP contribution in [0.15, 0.2) is 36.4 Å². The van der Waals surface area contributed by atoms with E-state index in [1.165, 1.54) is 0 Å². The summed E-state index contributed by atoms with van der Waals surface area (Å²) in [6.45, 7) is 2.35. The summed E-state index contributed by atoms with van der Waals surface area (Å²) in [7, 11) is 0. The van der Waals surface area contributed by atoms with Crippen LogP contribution in [0, 0.1) is 6.92 Å². The topological polar surface area (TPSA) is 35.2 Å². The van der Waals surface area contributed by atoms with Crippen LogP contribution in [0.5, 0.6) is 5.75 Å². The summed E-state index contributed by atoms with van der Waals surface area (Å²) in [5.41, 5.74) is 8.33. The number of rotatable bonds is 3. The van der Waals surface area contributed by atoms with Crippen LogP contribution in [0.1, 0.15) is 11.1 Å². The summed E-state index contributed by atoms with van der Waals surface area (Å²) in [6.07, 6.45) is 0. The van der Waals surface area contributed by atoms with Crippen LogP contribution in [0.3, 0.4) is 0 Å². The van der Waals surface area contributed by atoms with Crippen LogP contribution in [0.25, 0.3) is 0 Å². The molecule has 0 radical (unpaired) electrons. The van der Waals surface area contributed by atoms with E-state index in [1.807, 2.05) is 25.1 Å². The van der Waals surface area contributed by atoms with E-state index >= 15 is 0 Å². The molecule has 94 valence electrons. The molecule has 2 nitrogen and oxygen atoms in total. The van der Waals surface area contributed by atoms with E-state index < -0.39 is 0 Å². The molecule has 0 saturated heterocycles. The van der Waals surface area contributed by atoms with Gasteiger partial charge in [-0.2, -0.15) is 0 Å². The zero-order valence-electron chi connectivity index (χ0n) is 9.91. The number of aryl methyl sites for hydroxylation is 1. The number of hydrogen-bond acceptors (Lipinski definition) is 2. The largest absolute Gasteiger partial charge is 0.487 e. The highest BCUT2D eigenvalue weighted by Crippen LogP contribution is 2.28. The SMILES string of the molecule is Cc1ccc(COc2cc(N)ccc2Cl)c(Cl)c1. The molecule has 0 aliphatic heterocycles. The minimum Gasteiger partial charge on any atom is -0.487 e. The summed E-state index contributed by atoms with van der Waals surface area (Å²) in [5, 5.41) is 1.22. The van der Waals surface area contributed by atoms with Crippen LogP contribution in [-0.4, -0.2) is 0 Å². The van der Waals surface area contributed by atoms with Crippen molar-refractivity contribution in [3.63, 3.8) is 0 Å². The molecule has 0 spiro atoms. The molecule has 0 aliphatic rings. The van der Waals surface area contributed by atoms with Gasteiger partial charge in [0.15, 0.2) is 0 Å². The Kier molecular flexibility index (Phi) is 4.00. The van der Waals surface area contributed by atoms with Crippen molar-refractivity contribution < 1.29 is 4.74 Å². The van der Waals surface area contributed by atoms with E-state index in [0.29, 0.717) is 28.1 Å². The lowest BCUT2D eigenvalue weighted by Gasteiger charge is -2.10. The third kappa shape index (κ3) is 3.09. The third-order valence-corrected chi connectivity index (χ3v) is 3.21. The number of nitrogen functional groups attached to an aromatic ring is 1. The molecule has 18 heavy (non-hydrogen) atoms. The normalized spacial score (nSPS) is 10.4. The van der Waals surface area contributed by atoms with Crippen LogP contribution in [0.4, 0.5) is 5.69 Å². The van der Waals surface area contributed by atoms with Crippen molar-refractivity contribution in [1.29, 1.82) is 0 Å². The first-order valence-corrected chi connectivity index (χ1v) is 6.24. The molecule has 0 aromatic heterocycles. The zero-order chi connectivity index (χ0) is 13.1. The number of halogens is 2. The highest BCUT2D eigenvalue weighted by atomic mass is 35.5. The van der Waals surface area contributed by atoms with Gasteiger partial charge in [0, 0.05) is 22.3 Å². The number of benzene rings is 2.